The normalized spacial score (nSPS) is 14.1. The fourth-order valence-electron chi connectivity index (χ4n) is 3.95. The van der Waals surface area contributed by atoms with Gasteiger partial charge in [-0.1, -0.05) is 32.9 Å². The fraction of sp³-hybridized carbons (Fsp3) is 0.435. The number of aryl methyl sites for hydroxylation is 2. The maximum atomic E-state index is 14.8. The van der Waals surface area contributed by atoms with Crippen LogP contribution in [0.2, 0.25) is 0 Å². The Morgan fingerprint density at radius 3 is 2.83 bits per heavy atom. The van der Waals surface area contributed by atoms with E-state index in [4.69, 9.17) is 0 Å². The van der Waals surface area contributed by atoms with Gasteiger partial charge in [0.15, 0.2) is 11.6 Å². The molecule has 6 nitrogen and oxygen atoms in total. The van der Waals surface area contributed by atoms with E-state index in [0.717, 1.165) is 47.2 Å². The van der Waals surface area contributed by atoms with Crippen molar-refractivity contribution in [3.05, 3.63) is 47.5 Å². The quantitative estimate of drug-likeness (QED) is 0.692. The number of nitrogens with zero attached hydrogens (tertiary/aromatic N) is 4. The molecule has 1 N–H and O–H groups in total. The van der Waals surface area contributed by atoms with Crippen LogP contribution in [-0.4, -0.2) is 27.2 Å². The Balaban J connectivity index is 1.56. The van der Waals surface area contributed by atoms with Crippen LogP contribution in [-0.2, 0) is 24.8 Å². The predicted molar refractivity (Wildman–Crippen MR) is 117 cm³/mol. The number of pyridine rings is 1. The number of fused-ring (bicyclic) bond motifs is 2. The molecule has 4 rings (SSSR count). The summed E-state index contributed by atoms with van der Waals surface area (Å²) < 4.78 is 16.6. The molecule has 7 heteroatoms. The van der Waals surface area contributed by atoms with E-state index in [2.05, 4.69) is 38.5 Å². The topological polar surface area (TPSA) is 63.1 Å². The van der Waals surface area contributed by atoms with Gasteiger partial charge in [0.1, 0.15) is 0 Å². The lowest BCUT2D eigenvalue weighted by molar-refractivity contribution is -0.117. The lowest BCUT2D eigenvalue weighted by atomic mass is 9.92. The van der Waals surface area contributed by atoms with Gasteiger partial charge in [-0.05, 0) is 29.9 Å². The van der Waals surface area contributed by atoms with Crippen LogP contribution >= 0.6 is 0 Å². The van der Waals surface area contributed by atoms with E-state index in [1.807, 2.05) is 38.7 Å². The highest BCUT2D eigenvalue weighted by Crippen LogP contribution is 2.31. The van der Waals surface area contributed by atoms with Crippen LogP contribution in [0.1, 0.15) is 44.9 Å². The molecule has 0 radical (unpaired) electrons. The number of halogens is 1. The average molecular weight is 410 g/mol. The van der Waals surface area contributed by atoms with Crippen molar-refractivity contribution in [2.45, 2.75) is 46.6 Å². The maximum Gasteiger partial charge on any atom is 0.226 e. The van der Waals surface area contributed by atoms with Gasteiger partial charge >= 0.3 is 0 Å². The highest BCUT2D eigenvalue weighted by atomic mass is 19.1. The van der Waals surface area contributed by atoms with Crippen molar-refractivity contribution in [1.82, 2.24) is 14.8 Å². The minimum atomic E-state index is -0.495. The molecule has 30 heavy (non-hydrogen) atoms. The third-order valence-corrected chi connectivity index (χ3v) is 5.35. The van der Waals surface area contributed by atoms with Gasteiger partial charge in [0, 0.05) is 38.0 Å². The van der Waals surface area contributed by atoms with E-state index in [-0.39, 0.29) is 17.1 Å². The summed E-state index contributed by atoms with van der Waals surface area (Å²) in [5, 5.41) is 8.05. The summed E-state index contributed by atoms with van der Waals surface area (Å²) in [6.45, 7) is 7.44. The second-order valence-electron chi connectivity index (χ2n) is 9.26. The molecule has 0 saturated carbocycles. The Labute approximate surface area is 176 Å². The summed E-state index contributed by atoms with van der Waals surface area (Å²) in [4.78, 5) is 18.9. The lowest BCUT2D eigenvalue weighted by Crippen LogP contribution is -2.30. The maximum absolute atomic E-state index is 14.8. The zero-order valence-corrected chi connectivity index (χ0v) is 18.0. The Kier molecular flexibility index (Phi) is 5.22. The van der Waals surface area contributed by atoms with Gasteiger partial charge < -0.3 is 10.2 Å². The largest absolute Gasteiger partial charge is 0.366 e. The van der Waals surface area contributed by atoms with Crippen molar-refractivity contribution in [3.8, 4) is 0 Å². The van der Waals surface area contributed by atoms with E-state index in [1.54, 1.807) is 0 Å². The summed E-state index contributed by atoms with van der Waals surface area (Å²) in [7, 11) is 1.93. The molecular formula is C23H28FN5O. The first-order chi connectivity index (χ1) is 14.2. The van der Waals surface area contributed by atoms with Crippen molar-refractivity contribution in [3.63, 3.8) is 0 Å². The first-order valence-electron chi connectivity index (χ1n) is 10.3. The third kappa shape index (κ3) is 4.30. The van der Waals surface area contributed by atoms with Crippen molar-refractivity contribution in [2.24, 2.45) is 12.5 Å². The third-order valence-electron chi connectivity index (χ3n) is 5.35. The fourth-order valence-corrected chi connectivity index (χ4v) is 3.95. The van der Waals surface area contributed by atoms with Gasteiger partial charge in [0.25, 0.3) is 0 Å². The zero-order valence-electron chi connectivity index (χ0n) is 18.0. The minimum Gasteiger partial charge on any atom is -0.366 e. The first-order valence-corrected chi connectivity index (χ1v) is 10.3. The monoisotopic (exact) mass is 409 g/mol. The second kappa shape index (κ2) is 7.70. The Morgan fingerprint density at radius 2 is 2.07 bits per heavy atom. The van der Waals surface area contributed by atoms with Gasteiger partial charge in [0.2, 0.25) is 5.91 Å². The van der Waals surface area contributed by atoms with E-state index in [1.165, 1.54) is 6.07 Å². The van der Waals surface area contributed by atoms with Gasteiger partial charge in [-0.3, -0.25) is 9.48 Å². The molecule has 0 atom stereocenters. The lowest BCUT2D eigenvalue weighted by Gasteiger charge is -2.31. The Morgan fingerprint density at radius 1 is 1.27 bits per heavy atom. The highest BCUT2D eigenvalue weighted by Gasteiger charge is 2.23. The minimum absolute atomic E-state index is 0.0288. The van der Waals surface area contributed by atoms with Crippen LogP contribution in [0.15, 0.2) is 30.5 Å². The molecule has 3 aromatic rings. The number of benzene rings is 1. The molecule has 1 aliphatic rings. The SMILES string of the molecule is Cn1ncc2ccc(CN3CCCc4nc(NC(=O)CC(C)(C)C)c(F)cc43)cc21. The summed E-state index contributed by atoms with van der Waals surface area (Å²) in [6.07, 6.45) is 3.88. The van der Waals surface area contributed by atoms with E-state index < -0.39 is 5.82 Å². The van der Waals surface area contributed by atoms with E-state index in [0.29, 0.717) is 13.0 Å². The average Bonchev–Trinajstić information content (AvgIpc) is 3.02. The van der Waals surface area contributed by atoms with Crippen LogP contribution < -0.4 is 10.2 Å². The molecule has 0 fully saturated rings. The van der Waals surface area contributed by atoms with Gasteiger partial charge in [-0.2, -0.15) is 5.10 Å². The molecule has 158 valence electrons. The summed E-state index contributed by atoms with van der Waals surface area (Å²) in [6, 6.07) is 7.79. The van der Waals surface area contributed by atoms with Gasteiger partial charge in [0.05, 0.1) is 23.1 Å². The Bertz CT molecular complexity index is 1100. The number of hydrogen-bond acceptors (Lipinski definition) is 4. The highest BCUT2D eigenvalue weighted by molar-refractivity contribution is 5.90. The molecule has 0 unspecified atom stereocenters. The number of carbonyl (C=O) groups excluding carboxylic acids is 1. The molecule has 1 aliphatic heterocycles. The van der Waals surface area contributed by atoms with Crippen molar-refractivity contribution >= 4 is 28.3 Å². The number of carbonyl (C=O) groups is 1. The van der Waals surface area contributed by atoms with Crippen LogP contribution in [0.5, 0.6) is 0 Å². The summed E-state index contributed by atoms with van der Waals surface area (Å²) >= 11 is 0. The number of hydrogen-bond donors (Lipinski definition) is 1. The Hall–Kier alpha value is -2.96. The molecule has 0 saturated heterocycles. The van der Waals surface area contributed by atoms with Crippen molar-refractivity contribution in [2.75, 3.05) is 16.8 Å². The molecule has 0 aliphatic carbocycles. The van der Waals surface area contributed by atoms with Gasteiger partial charge in [-0.15, -0.1) is 0 Å². The van der Waals surface area contributed by atoms with Crippen LogP contribution in [0.4, 0.5) is 15.9 Å². The van der Waals surface area contributed by atoms with Crippen molar-refractivity contribution < 1.29 is 9.18 Å². The summed E-state index contributed by atoms with van der Waals surface area (Å²) in [5.74, 6) is -0.683. The molecule has 0 bridgehead atoms. The summed E-state index contributed by atoms with van der Waals surface area (Å²) in [5.41, 5.74) is 3.68. The zero-order chi connectivity index (χ0) is 21.5. The molecule has 1 aromatic carbocycles. The number of nitrogens with one attached hydrogen (secondary N) is 1. The standard InChI is InChI=1S/C23H28FN5O/c1-23(2,3)12-21(30)27-22-17(24)11-20-18(26-22)6-5-9-29(20)14-15-7-8-16-13-25-28(4)19(16)10-15/h7-8,10-11,13H,5-6,9,12,14H2,1-4H3,(H,26,27,30). The van der Waals surface area contributed by atoms with Crippen LogP contribution in [0.25, 0.3) is 10.9 Å². The van der Waals surface area contributed by atoms with Crippen molar-refractivity contribution in [1.29, 1.82) is 0 Å². The predicted octanol–water partition coefficient (Wildman–Crippen LogP) is 4.43. The molecule has 1 amide bonds. The van der Waals surface area contributed by atoms with E-state index >= 15 is 0 Å². The molecule has 3 heterocycles. The van der Waals surface area contributed by atoms with E-state index in [9.17, 15) is 9.18 Å². The molecular weight excluding hydrogens is 381 g/mol. The number of anilines is 2. The second-order valence-corrected chi connectivity index (χ2v) is 9.26. The molecule has 2 aromatic heterocycles. The van der Waals surface area contributed by atoms with Crippen LogP contribution in [0.3, 0.4) is 0 Å². The van der Waals surface area contributed by atoms with Crippen LogP contribution in [0, 0.1) is 11.2 Å². The number of amides is 1. The van der Waals surface area contributed by atoms with Gasteiger partial charge in [-0.25, -0.2) is 9.37 Å². The first kappa shape index (κ1) is 20.3. The molecule has 0 spiro atoms. The number of rotatable bonds is 4. The smallest absolute Gasteiger partial charge is 0.226 e. The number of aromatic nitrogens is 3.